The summed E-state index contributed by atoms with van der Waals surface area (Å²) in [6.07, 6.45) is 1.02. The zero-order valence-corrected chi connectivity index (χ0v) is 10.4. The molecule has 0 aliphatic heterocycles. The van der Waals surface area contributed by atoms with E-state index in [1.807, 2.05) is 6.07 Å². The third kappa shape index (κ3) is 1.96. The maximum absolute atomic E-state index is 5.85. The lowest BCUT2D eigenvalue weighted by atomic mass is 10.1. The predicted octanol–water partition coefficient (Wildman–Crippen LogP) is 2.28. The minimum absolute atomic E-state index is 0.262. The molecule has 1 aromatic carbocycles. The number of benzene rings is 1. The molecule has 0 amide bonds. The highest BCUT2D eigenvalue weighted by Gasteiger charge is 2.38. The van der Waals surface area contributed by atoms with Gasteiger partial charge in [0.1, 0.15) is 0 Å². The van der Waals surface area contributed by atoms with Crippen molar-refractivity contribution in [2.24, 2.45) is 5.73 Å². The molecule has 2 rings (SSSR count). The lowest BCUT2D eigenvalue weighted by molar-refractivity contribution is 0.351. The fourth-order valence-corrected chi connectivity index (χ4v) is 2.26. The Kier molecular flexibility index (Phi) is 2.89. The molecule has 1 aliphatic rings. The number of methoxy groups -OCH3 is 2. The summed E-state index contributed by atoms with van der Waals surface area (Å²) in [4.78, 5) is 0. The van der Waals surface area contributed by atoms with Gasteiger partial charge in [0.2, 0.25) is 0 Å². The largest absolute Gasteiger partial charge is 0.493 e. The first kappa shape index (κ1) is 10.8. The highest BCUT2D eigenvalue weighted by molar-refractivity contribution is 9.10. The van der Waals surface area contributed by atoms with E-state index in [-0.39, 0.29) is 6.04 Å². The minimum atomic E-state index is 0.262. The van der Waals surface area contributed by atoms with Gasteiger partial charge in [0.25, 0.3) is 0 Å². The summed E-state index contributed by atoms with van der Waals surface area (Å²) in [5.41, 5.74) is 6.99. The molecule has 0 aromatic heterocycles. The Hall–Kier alpha value is -0.740. The number of nitrogens with two attached hydrogens (primary N) is 1. The first-order chi connectivity index (χ1) is 7.17. The number of hydrogen-bond acceptors (Lipinski definition) is 3. The van der Waals surface area contributed by atoms with Gasteiger partial charge in [-0.05, 0) is 18.6 Å². The summed E-state index contributed by atoms with van der Waals surface area (Å²) in [7, 11) is 3.30. The van der Waals surface area contributed by atoms with Crippen LogP contribution in [0.4, 0.5) is 0 Å². The smallest absolute Gasteiger partial charge is 0.164 e. The Bertz CT molecular complexity index is 381. The van der Waals surface area contributed by atoms with Crippen molar-refractivity contribution >= 4 is 15.9 Å². The minimum Gasteiger partial charge on any atom is -0.493 e. The number of halogens is 1. The molecule has 0 bridgehead atoms. The van der Waals surface area contributed by atoms with Crippen LogP contribution in [0.1, 0.15) is 17.9 Å². The van der Waals surface area contributed by atoms with Crippen LogP contribution in [0.15, 0.2) is 16.6 Å². The van der Waals surface area contributed by atoms with Crippen molar-refractivity contribution in [1.29, 1.82) is 0 Å². The van der Waals surface area contributed by atoms with Crippen LogP contribution < -0.4 is 15.2 Å². The van der Waals surface area contributed by atoms with Crippen LogP contribution in [0.5, 0.6) is 11.5 Å². The van der Waals surface area contributed by atoms with E-state index in [9.17, 15) is 0 Å². The second-order valence-electron chi connectivity index (χ2n) is 3.74. The van der Waals surface area contributed by atoms with Gasteiger partial charge in [-0.2, -0.15) is 0 Å². The predicted molar refractivity (Wildman–Crippen MR) is 62.6 cm³/mol. The number of hydrogen-bond donors (Lipinski definition) is 1. The van der Waals surface area contributed by atoms with Gasteiger partial charge in [0.05, 0.1) is 14.2 Å². The lowest BCUT2D eigenvalue weighted by Gasteiger charge is -2.13. The molecule has 15 heavy (non-hydrogen) atoms. The second kappa shape index (κ2) is 4.02. The summed E-state index contributed by atoms with van der Waals surface area (Å²) in [6, 6.07) is 4.22. The summed E-state index contributed by atoms with van der Waals surface area (Å²) in [6.45, 7) is 0. The van der Waals surface area contributed by atoms with Crippen molar-refractivity contribution in [1.82, 2.24) is 0 Å². The average Bonchev–Trinajstić information content (AvgIpc) is 2.94. The zero-order valence-electron chi connectivity index (χ0n) is 8.79. The first-order valence-electron chi connectivity index (χ1n) is 4.84. The highest BCUT2D eigenvalue weighted by atomic mass is 79.9. The fourth-order valence-electron chi connectivity index (χ4n) is 1.81. The van der Waals surface area contributed by atoms with Crippen LogP contribution in [0.25, 0.3) is 0 Å². The van der Waals surface area contributed by atoms with Crippen LogP contribution in [0.2, 0.25) is 0 Å². The Morgan fingerprint density at radius 1 is 1.33 bits per heavy atom. The third-order valence-corrected chi connectivity index (χ3v) is 3.17. The van der Waals surface area contributed by atoms with Gasteiger partial charge in [-0.3, -0.25) is 0 Å². The van der Waals surface area contributed by atoms with E-state index in [4.69, 9.17) is 15.2 Å². The molecule has 1 fully saturated rings. The van der Waals surface area contributed by atoms with Crippen molar-refractivity contribution in [2.75, 3.05) is 14.2 Å². The van der Waals surface area contributed by atoms with E-state index < -0.39 is 0 Å². The standard InChI is InChI=1S/C11H14BrNO2/c1-14-10-4-6(12)3-8(11(10)15-2)7-5-9(7)13/h3-4,7,9H,5,13H2,1-2H3. The topological polar surface area (TPSA) is 44.5 Å². The Morgan fingerprint density at radius 2 is 2.00 bits per heavy atom. The summed E-state index contributed by atoms with van der Waals surface area (Å²) in [5, 5.41) is 0. The molecule has 3 nitrogen and oxygen atoms in total. The molecule has 4 heteroatoms. The van der Waals surface area contributed by atoms with Crippen LogP contribution >= 0.6 is 15.9 Å². The molecule has 2 atom stereocenters. The Morgan fingerprint density at radius 3 is 2.47 bits per heavy atom. The van der Waals surface area contributed by atoms with Gasteiger partial charge in [-0.15, -0.1) is 0 Å². The van der Waals surface area contributed by atoms with Gasteiger partial charge in [-0.25, -0.2) is 0 Å². The van der Waals surface area contributed by atoms with Gasteiger partial charge < -0.3 is 15.2 Å². The van der Waals surface area contributed by atoms with E-state index in [2.05, 4.69) is 22.0 Å². The molecule has 1 aliphatic carbocycles. The van der Waals surface area contributed by atoms with Crippen LogP contribution in [0.3, 0.4) is 0 Å². The van der Waals surface area contributed by atoms with Gasteiger partial charge in [0, 0.05) is 22.0 Å². The SMILES string of the molecule is COc1cc(Br)cc(C2CC2N)c1OC. The van der Waals surface area contributed by atoms with E-state index in [0.717, 1.165) is 28.0 Å². The van der Waals surface area contributed by atoms with Crippen molar-refractivity contribution in [3.63, 3.8) is 0 Å². The molecule has 2 unspecified atom stereocenters. The molecule has 1 saturated carbocycles. The molecular weight excluding hydrogens is 258 g/mol. The average molecular weight is 272 g/mol. The highest BCUT2D eigenvalue weighted by Crippen LogP contribution is 2.47. The van der Waals surface area contributed by atoms with E-state index in [0.29, 0.717) is 5.92 Å². The first-order valence-corrected chi connectivity index (χ1v) is 5.63. The fraction of sp³-hybridized carbons (Fsp3) is 0.455. The van der Waals surface area contributed by atoms with Crippen LogP contribution in [0, 0.1) is 0 Å². The van der Waals surface area contributed by atoms with Crippen molar-refractivity contribution in [3.8, 4) is 11.5 Å². The monoisotopic (exact) mass is 271 g/mol. The van der Waals surface area contributed by atoms with Crippen molar-refractivity contribution in [3.05, 3.63) is 22.2 Å². The molecule has 0 saturated heterocycles. The summed E-state index contributed by atoms with van der Waals surface area (Å²) < 4.78 is 11.6. The van der Waals surface area contributed by atoms with E-state index >= 15 is 0 Å². The van der Waals surface area contributed by atoms with Crippen molar-refractivity contribution < 1.29 is 9.47 Å². The summed E-state index contributed by atoms with van der Waals surface area (Å²) in [5.74, 6) is 1.96. The van der Waals surface area contributed by atoms with Gasteiger partial charge in [0.15, 0.2) is 11.5 Å². The maximum Gasteiger partial charge on any atom is 0.164 e. The molecule has 82 valence electrons. The van der Waals surface area contributed by atoms with Gasteiger partial charge >= 0.3 is 0 Å². The van der Waals surface area contributed by atoms with Crippen molar-refractivity contribution in [2.45, 2.75) is 18.4 Å². The zero-order chi connectivity index (χ0) is 11.0. The lowest BCUT2D eigenvalue weighted by Crippen LogP contribution is -2.03. The third-order valence-electron chi connectivity index (χ3n) is 2.71. The number of rotatable bonds is 3. The second-order valence-corrected chi connectivity index (χ2v) is 4.65. The molecule has 0 spiro atoms. The molecule has 2 N–H and O–H groups in total. The normalized spacial score (nSPS) is 23.7. The molecule has 0 heterocycles. The maximum atomic E-state index is 5.85. The summed E-state index contributed by atoms with van der Waals surface area (Å²) >= 11 is 3.46. The Balaban J connectivity index is 2.46. The molecule has 1 aromatic rings. The van der Waals surface area contributed by atoms with E-state index in [1.165, 1.54) is 0 Å². The molecule has 0 radical (unpaired) electrons. The molecular formula is C11H14BrNO2. The quantitative estimate of drug-likeness (QED) is 0.918. The van der Waals surface area contributed by atoms with Crippen LogP contribution in [-0.2, 0) is 0 Å². The van der Waals surface area contributed by atoms with Crippen LogP contribution in [-0.4, -0.2) is 20.3 Å². The van der Waals surface area contributed by atoms with Gasteiger partial charge in [-0.1, -0.05) is 15.9 Å². The van der Waals surface area contributed by atoms with E-state index in [1.54, 1.807) is 14.2 Å². The Labute approximate surface area is 97.7 Å². The number of ether oxygens (including phenoxy) is 2.